The highest BCUT2D eigenvalue weighted by molar-refractivity contribution is 5.96. The van der Waals surface area contributed by atoms with E-state index in [0.717, 1.165) is 0 Å². The zero-order chi connectivity index (χ0) is 22.3. The quantitative estimate of drug-likeness (QED) is 0.520. The number of halogens is 1. The van der Waals surface area contributed by atoms with E-state index in [1.165, 1.54) is 46.5 Å². The van der Waals surface area contributed by atoms with Crippen LogP contribution in [0.1, 0.15) is 18.1 Å². The fraction of sp³-hybridized carbons (Fsp3) is 0.273. The van der Waals surface area contributed by atoms with Crippen LogP contribution in [-0.2, 0) is 14.3 Å². The molecule has 2 rings (SSSR count). The molecular weight excluding hydrogens is 393 g/mol. The highest BCUT2D eigenvalue weighted by Gasteiger charge is 2.17. The van der Waals surface area contributed by atoms with E-state index in [0.29, 0.717) is 28.4 Å². The number of carbonyl (C=O) groups excluding carboxylic acids is 2. The van der Waals surface area contributed by atoms with Crippen LogP contribution >= 0.6 is 0 Å². The molecule has 0 aliphatic rings. The maximum absolute atomic E-state index is 13.6. The third-order valence-electron chi connectivity index (χ3n) is 4.24. The number of methoxy groups -OCH3 is 3. The number of nitrogens with one attached hydrogen (secondary N) is 1. The normalized spacial score (nSPS) is 11.7. The van der Waals surface area contributed by atoms with E-state index in [1.807, 2.05) is 0 Å². The molecule has 1 atom stereocenters. The van der Waals surface area contributed by atoms with E-state index in [1.54, 1.807) is 31.2 Å². The van der Waals surface area contributed by atoms with Gasteiger partial charge in [-0.25, -0.2) is 9.18 Å². The summed E-state index contributed by atoms with van der Waals surface area (Å²) in [5, 5.41) is 2.50. The zero-order valence-electron chi connectivity index (χ0n) is 17.4. The molecule has 0 aliphatic heterocycles. The summed E-state index contributed by atoms with van der Waals surface area (Å²) in [5.74, 6) is -0.349. The van der Waals surface area contributed by atoms with E-state index in [9.17, 15) is 14.0 Å². The average Bonchev–Trinajstić information content (AvgIpc) is 2.73. The fourth-order valence-electron chi connectivity index (χ4n) is 2.52. The standard InChI is InChI=1S/C22H24FNO6/c1-13-6-8-16(11-17(13)23)24-22(26)14(2)30-21(25)9-7-15-10-19(28-4)20(29-5)12-18(15)27-3/h6-12,14H,1-5H3,(H,24,26)/b9-7+/t14-/m1/s1. The number of hydrogen-bond acceptors (Lipinski definition) is 6. The molecule has 8 heteroatoms. The summed E-state index contributed by atoms with van der Waals surface area (Å²) < 4.78 is 34.4. The van der Waals surface area contributed by atoms with Crippen molar-refractivity contribution >= 4 is 23.6 Å². The number of carbonyl (C=O) groups is 2. The summed E-state index contributed by atoms with van der Waals surface area (Å²) in [4.78, 5) is 24.3. The van der Waals surface area contributed by atoms with Gasteiger partial charge in [0.1, 0.15) is 11.6 Å². The minimum absolute atomic E-state index is 0.275. The van der Waals surface area contributed by atoms with Gasteiger partial charge in [0, 0.05) is 23.4 Å². The number of amides is 1. The molecule has 1 amide bonds. The van der Waals surface area contributed by atoms with Crippen LogP contribution in [0.3, 0.4) is 0 Å². The van der Waals surface area contributed by atoms with Crippen LogP contribution in [0.2, 0.25) is 0 Å². The van der Waals surface area contributed by atoms with Gasteiger partial charge in [-0.3, -0.25) is 4.79 Å². The van der Waals surface area contributed by atoms with Crippen LogP contribution in [0.5, 0.6) is 17.2 Å². The summed E-state index contributed by atoms with van der Waals surface area (Å²) in [6.45, 7) is 3.04. The molecule has 0 saturated heterocycles. The molecule has 0 fully saturated rings. The van der Waals surface area contributed by atoms with Crippen molar-refractivity contribution in [3.63, 3.8) is 0 Å². The Hall–Kier alpha value is -3.55. The van der Waals surface area contributed by atoms with Crippen molar-refractivity contribution in [2.24, 2.45) is 0 Å². The lowest BCUT2D eigenvalue weighted by atomic mass is 10.1. The van der Waals surface area contributed by atoms with E-state index in [-0.39, 0.29) is 5.69 Å². The molecule has 160 valence electrons. The first-order valence-corrected chi connectivity index (χ1v) is 9.04. The maximum atomic E-state index is 13.6. The lowest BCUT2D eigenvalue weighted by Gasteiger charge is -2.13. The Bertz CT molecular complexity index is 957. The number of esters is 1. The summed E-state index contributed by atoms with van der Waals surface area (Å²) >= 11 is 0. The smallest absolute Gasteiger partial charge is 0.331 e. The lowest BCUT2D eigenvalue weighted by molar-refractivity contribution is -0.148. The van der Waals surface area contributed by atoms with Crippen LogP contribution < -0.4 is 19.5 Å². The highest BCUT2D eigenvalue weighted by Crippen LogP contribution is 2.35. The summed E-state index contributed by atoms with van der Waals surface area (Å²) in [5.41, 5.74) is 1.29. The second kappa shape index (κ2) is 10.3. The highest BCUT2D eigenvalue weighted by atomic mass is 19.1. The molecule has 0 aliphatic carbocycles. The predicted molar refractivity (Wildman–Crippen MR) is 110 cm³/mol. The Morgan fingerprint density at radius 1 is 1.00 bits per heavy atom. The number of hydrogen-bond donors (Lipinski definition) is 1. The Morgan fingerprint density at radius 3 is 2.23 bits per heavy atom. The third-order valence-corrected chi connectivity index (χ3v) is 4.24. The Kier molecular flexibility index (Phi) is 7.80. The van der Waals surface area contributed by atoms with E-state index in [4.69, 9.17) is 18.9 Å². The zero-order valence-corrected chi connectivity index (χ0v) is 17.4. The Balaban J connectivity index is 2.04. The summed E-state index contributed by atoms with van der Waals surface area (Å²) in [6.07, 6.45) is 1.56. The Morgan fingerprint density at radius 2 is 1.63 bits per heavy atom. The second-order valence-electron chi connectivity index (χ2n) is 6.31. The van der Waals surface area contributed by atoms with Gasteiger partial charge in [0.25, 0.3) is 5.91 Å². The first-order valence-electron chi connectivity index (χ1n) is 9.04. The molecule has 0 radical (unpaired) electrons. The van der Waals surface area contributed by atoms with Gasteiger partial charge in [0.05, 0.1) is 21.3 Å². The molecule has 0 unspecified atom stereocenters. The molecule has 0 saturated carbocycles. The predicted octanol–water partition coefficient (Wildman–Crippen LogP) is 3.74. The van der Waals surface area contributed by atoms with Gasteiger partial charge >= 0.3 is 5.97 Å². The van der Waals surface area contributed by atoms with Gasteiger partial charge in [-0.1, -0.05) is 6.07 Å². The van der Waals surface area contributed by atoms with Crippen molar-refractivity contribution < 1.29 is 32.9 Å². The van der Waals surface area contributed by atoms with Crippen LogP contribution in [0, 0.1) is 12.7 Å². The largest absolute Gasteiger partial charge is 0.496 e. The van der Waals surface area contributed by atoms with Crippen molar-refractivity contribution in [2.75, 3.05) is 26.6 Å². The minimum Gasteiger partial charge on any atom is -0.496 e. The number of benzene rings is 2. The molecule has 2 aromatic rings. The van der Waals surface area contributed by atoms with Gasteiger partial charge < -0.3 is 24.3 Å². The monoisotopic (exact) mass is 417 g/mol. The molecular formula is C22H24FNO6. The lowest BCUT2D eigenvalue weighted by Crippen LogP contribution is -2.29. The fourth-order valence-corrected chi connectivity index (χ4v) is 2.52. The second-order valence-corrected chi connectivity index (χ2v) is 6.31. The van der Waals surface area contributed by atoms with Crippen molar-refractivity contribution in [3.05, 3.63) is 53.4 Å². The summed E-state index contributed by atoms with van der Waals surface area (Å²) in [6, 6.07) is 7.57. The third kappa shape index (κ3) is 5.73. The van der Waals surface area contributed by atoms with Gasteiger partial charge in [-0.05, 0) is 43.7 Å². The molecule has 7 nitrogen and oxygen atoms in total. The number of aryl methyl sites for hydroxylation is 1. The van der Waals surface area contributed by atoms with Crippen molar-refractivity contribution in [3.8, 4) is 17.2 Å². The van der Waals surface area contributed by atoms with Crippen LogP contribution in [0.25, 0.3) is 6.08 Å². The number of rotatable bonds is 8. The SMILES string of the molecule is COc1cc(OC)c(OC)cc1/C=C/C(=O)O[C@H](C)C(=O)Nc1ccc(C)c(F)c1. The van der Waals surface area contributed by atoms with Gasteiger partial charge in [-0.2, -0.15) is 0 Å². The maximum Gasteiger partial charge on any atom is 0.331 e. The molecule has 0 spiro atoms. The molecule has 1 N–H and O–H groups in total. The van der Waals surface area contributed by atoms with Crippen LogP contribution in [-0.4, -0.2) is 39.3 Å². The number of ether oxygens (including phenoxy) is 4. The molecule has 0 aromatic heterocycles. The van der Waals surface area contributed by atoms with E-state index in [2.05, 4.69) is 5.32 Å². The van der Waals surface area contributed by atoms with Crippen LogP contribution in [0.4, 0.5) is 10.1 Å². The van der Waals surface area contributed by atoms with Gasteiger partial charge in [-0.15, -0.1) is 0 Å². The summed E-state index contributed by atoms with van der Waals surface area (Å²) in [7, 11) is 4.48. The molecule has 0 heterocycles. The van der Waals surface area contributed by atoms with E-state index >= 15 is 0 Å². The van der Waals surface area contributed by atoms with Crippen molar-refractivity contribution in [2.45, 2.75) is 20.0 Å². The average molecular weight is 417 g/mol. The first-order chi connectivity index (χ1) is 14.3. The first kappa shape index (κ1) is 22.7. The number of anilines is 1. The molecule has 2 aromatic carbocycles. The molecule has 30 heavy (non-hydrogen) atoms. The molecule has 0 bridgehead atoms. The Labute approximate surface area is 174 Å². The van der Waals surface area contributed by atoms with Crippen LogP contribution in [0.15, 0.2) is 36.4 Å². The van der Waals surface area contributed by atoms with Crippen molar-refractivity contribution in [1.29, 1.82) is 0 Å². The van der Waals surface area contributed by atoms with Gasteiger partial charge in [0.15, 0.2) is 17.6 Å². The van der Waals surface area contributed by atoms with E-state index < -0.39 is 23.8 Å². The van der Waals surface area contributed by atoms with Crippen molar-refractivity contribution in [1.82, 2.24) is 0 Å². The van der Waals surface area contributed by atoms with Gasteiger partial charge in [0.2, 0.25) is 0 Å². The topological polar surface area (TPSA) is 83.1 Å². The minimum atomic E-state index is -1.08.